The Kier molecular flexibility index (Phi) is 4.77. The second-order valence-electron chi connectivity index (χ2n) is 10.5. The highest BCUT2D eigenvalue weighted by atomic mass is 32.1. The molecule has 3 nitrogen and oxygen atoms in total. The SMILES string of the molecule is c1ccc(-c2cc(-n3c4ccccc4c4cc5c(cc43)c3ccccc3n5-c3ccccc3)c3ncsc3c2)cc1. The van der Waals surface area contributed by atoms with Crippen LogP contribution in [0.5, 0.6) is 0 Å². The highest BCUT2D eigenvalue weighted by Crippen LogP contribution is 2.41. The summed E-state index contributed by atoms with van der Waals surface area (Å²) < 4.78 is 6.01. The average molecular weight is 542 g/mol. The third-order valence-electron chi connectivity index (χ3n) is 8.24. The number of hydrogen-bond acceptors (Lipinski definition) is 2. The Morgan fingerprint density at radius 3 is 1.76 bits per heavy atom. The molecule has 0 N–H and O–H groups in total. The van der Waals surface area contributed by atoms with E-state index in [4.69, 9.17) is 4.98 Å². The molecule has 3 heterocycles. The zero-order chi connectivity index (χ0) is 26.9. The van der Waals surface area contributed by atoms with Crippen LogP contribution in [0.15, 0.2) is 139 Å². The number of fused-ring (bicyclic) bond motifs is 7. The van der Waals surface area contributed by atoms with Crippen LogP contribution in [0.2, 0.25) is 0 Å². The van der Waals surface area contributed by atoms with E-state index in [0.29, 0.717) is 0 Å². The molecular formula is C37H23N3S. The first-order valence-electron chi connectivity index (χ1n) is 13.8. The first-order valence-corrected chi connectivity index (χ1v) is 14.7. The summed E-state index contributed by atoms with van der Waals surface area (Å²) in [5.41, 5.74) is 12.5. The number of thiazole rings is 1. The number of hydrogen-bond donors (Lipinski definition) is 0. The summed E-state index contributed by atoms with van der Waals surface area (Å²) >= 11 is 1.70. The van der Waals surface area contributed by atoms with Gasteiger partial charge in [0.25, 0.3) is 0 Å². The van der Waals surface area contributed by atoms with Gasteiger partial charge in [-0.3, -0.25) is 0 Å². The lowest BCUT2D eigenvalue weighted by molar-refractivity contribution is 1.18. The molecule has 0 fully saturated rings. The van der Waals surface area contributed by atoms with Gasteiger partial charge >= 0.3 is 0 Å². The first kappa shape index (κ1) is 22.6. The molecule has 3 aromatic heterocycles. The van der Waals surface area contributed by atoms with E-state index in [9.17, 15) is 0 Å². The fourth-order valence-corrected chi connectivity index (χ4v) is 7.20. The molecule has 0 aliphatic rings. The predicted octanol–water partition coefficient (Wildman–Crippen LogP) is 10.2. The summed E-state index contributed by atoms with van der Waals surface area (Å²) in [6, 6.07) is 48.1. The van der Waals surface area contributed by atoms with Crippen LogP contribution in [0.25, 0.3) is 76.3 Å². The molecule has 0 spiro atoms. The Bertz CT molecular complexity index is 2410. The van der Waals surface area contributed by atoms with Gasteiger partial charge in [-0.25, -0.2) is 4.98 Å². The van der Waals surface area contributed by atoms with Crippen molar-refractivity contribution in [1.29, 1.82) is 0 Å². The van der Waals surface area contributed by atoms with Crippen LogP contribution >= 0.6 is 11.3 Å². The topological polar surface area (TPSA) is 22.8 Å². The number of para-hydroxylation sites is 3. The average Bonchev–Trinajstić information content (AvgIpc) is 3.73. The summed E-state index contributed by atoms with van der Waals surface area (Å²) in [6.07, 6.45) is 0. The minimum absolute atomic E-state index is 1.03. The predicted molar refractivity (Wildman–Crippen MR) is 174 cm³/mol. The lowest BCUT2D eigenvalue weighted by Crippen LogP contribution is -1.96. The standard InChI is InChI=1S/C37H23N3S/c1-3-11-24(12-4-1)25-19-35(37-36(20-25)41-23-38-37)40-32-18-10-8-16-28(32)30-21-33-29(22-34(30)40)27-15-7-9-17-31(27)39(33)26-13-5-2-6-14-26/h1-23H. The maximum atomic E-state index is 4.87. The number of benzene rings is 6. The molecule has 0 aliphatic heterocycles. The summed E-state index contributed by atoms with van der Waals surface area (Å²) in [5.74, 6) is 0. The molecule has 0 atom stereocenters. The number of aromatic nitrogens is 3. The van der Waals surface area contributed by atoms with Gasteiger partial charge in [0.1, 0.15) is 5.52 Å². The van der Waals surface area contributed by atoms with E-state index in [1.165, 1.54) is 65.1 Å². The van der Waals surface area contributed by atoms with E-state index < -0.39 is 0 Å². The van der Waals surface area contributed by atoms with Crippen LogP contribution in [0.4, 0.5) is 0 Å². The summed E-state index contributed by atoms with van der Waals surface area (Å²) in [5, 5.41) is 4.97. The van der Waals surface area contributed by atoms with Crippen molar-refractivity contribution in [2.75, 3.05) is 0 Å². The number of rotatable bonds is 3. The minimum Gasteiger partial charge on any atom is -0.309 e. The third-order valence-corrected chi connectivity index (χ3v) is 9.02. The molecule has 41 heavy (non-hydrogen) atoms. The van der Waals surface area contributed by atoms with Gasteiger partial charge in [-0.15, -0.1) is 11.3 Å². The van der Waals surface area contributed by atoms with Crippen LogP contribution in [0.3, 0.4) is 0 Å². The molecule has 6 aromatic carbocycles. The third kappa shape index (κ3) is 3.28. The molecule has 0 saturated carbocycles. The minimum atomic E-state index is 1.03. The second-order valence-corrected chi connectivity index (χ2v) is 11.4. The van der Waals surface area contributed by atoms with Crippen molar-refractivity contribution in [2.24, 2.45) is 0 Å². The molecule has 0 amide bonds. The molecule has 0 aliphatic carbocycles. The fraction of sp³-hybridized carbons (Fsp3) is 0. The molecule has 4 heteroatoms. The van der Waals surface area contributed by atoms with Gasteiger partial charge in [0, 0.05) is 27.2 Å². The normalized spacial score (nSPS) is 11.9. The van der Waals surface area contributed by atoms with Crippen LogP contribution in [0, 0.1) is 0 Å². The van der Waals surface area contributed by atoms with Crippen molar-refractivity contribution in [2.45, 2.75) is 0 Å². The highest BCUT2D eigenvalue weighted by Gasteiger charge is 2.20. The summed E-state index contributed by atoms with van der Waals surface area (Å²) in [7, 11) is 0. The van der Waals surface area contributed by atoms with Crippen molar-refractivity contribution in [3.63, 3.8) is 0 Å². The van der Waals surface area contributed by atoms with Crippen molar-refractivity contribution in [3.8, 4) is 22.5 Å². The largest absolute Gasteiger partial charge is 0.309 e. The van der Waals surface area contributed by atoms with Gasteiger partial charge in [-0.1, -0.05) is 84.9 Å². The van der Waals surface area contributed by atoms with E-state index in [1.807, 2.05) is 5.51 Å². The highest BCUT2D eigenvalue weighted by molar-refractivity contribution is 7.16. The molecule has 0 saturated heterocycles. The Morgan fingerprint density at radius 2 is 1.05 bits per heavy atom. The lowest BCUT2D eigenvalue weighted by atomic mass is 10.0. The van der Waals surface area contributed by atoms with Crippen molar-refractivity contribution in [3.05, 3.63) is 139 Å². The zero-order valence-corrected chi connectivity index (χ0v) is 22.8. The Hall–Kier alpha value is -5.19. The van der Waals surface area contributed by atoms with E-state index in [-0.39, 0.29) is 0 Å². The Morgan fingerprint density at radius 1 is 0.463 bits per heavy atom. The number of nitrogens with zero attached hydrogens (tertiary/aromatic N) is 3. The van der Waals surface area contributed by atoms with Crippen molar-refractivity contribution in [1.82, 2.24) is 14.1 Å². The zero-order valence-electron chi connectivity index (χ0n) is 22.0. The van der Waals surface area contributed by atoms with Crippen LogP contribution in [0.1, 0.15) is 0 Å². The molecule has 9 aromatic rings. The monoisotopic (exact) mass is 541 g/mol. The van der Waals surface area contributed by atoms with Gasteiger partial charge < -0.3 is 9.13 Å². The summed E-state index contributed by atoms with van der Waals surface area (Å²) in [4.78, 5) is 4.87. The molecule has 0 unspecified atom stereocenters. The summed E-state index contributed by atoms with van der Waals surface area (Å²) in [6.45, 7) is 0. The second kappa shape index (κ2) is 8.65. The molecule has 9 rings (SSSR count). The first-order chi connectivity index (χ1) is 20.3. The van der Waals surface area contributed by atoms with Gasteiger partial charge in [0.15, 0.2) is 0 Å². The fourth-order valence-electron chi connectivity index (χ4n) is 6.46. The van der Waals surface area contributed by atoms with E-state index in [2.05, 4.69) is 143 Å². The molecule has 192 valence electrons. The van der Waals surface area contributed by atoms with Gasteiger partial charge in [0.2, 0.25) is 0 Å². The van der Waals surface area contributed by atoms with Crippen LogP contribution in [-0.2, 0) is 0 Å². The van der Waals surface area contributed by atoms with Crippen molar-refractivity contribution < 1.29 is 0 Å². The van der Waals surface area contributed by atoms with E-state index in [1.54, 1.807) is 11.3 Å². The van der Waals surface area contributed by atoms with Gasteiger partial charge in [-0.05, 0) is 59.7 Å². The molecule has 0 radical (unpaired) electrons. The van der Waals surface area contributed by atoms with Gasteiger partial charge in [-0.2, -0.15) is 0 Å². The maximum absolute atomic E-state index is 4.87. The Labute approximate surface area is 240 Å². The van der Waals surface area contributed by atoms with E-state index >= 15 is 0 Å². The maximum Gasteiger partial charge on any atom is 0.105 e. The molecular weight excluding hydrogens is 518 g/mol. The Balaban J connectivity index is 1.44. The quantitative estimate of drug-likeness (QED) is 0.218. The van der Waals surface area contributed by atoms with Crippen LogP contribution < -0.4 is 0 Å². The van der Waals surface area contributed by atoms with Crippen molar-refractivity contribution >= 4 is 65.2 Å². The van der Waals surface area contributed by atoms with E-state index in [0.717, 1.165) is 11.2 Å². The lowest BCUT2D eigenvalue weighted by Gasteiger charge is -2.12. The smallest absolute Gasteiger partial charge is 0.105 e. The molecule has 0 bridgehead atoms. The van der Waals surface area contributed by atoms with Gasteiger partial charge in [0.05, 0.1) is 38.0 Å². The van der Waals surface area contributed by atoms with Crippen LogP contribution in [-0.4, -0.2) is 14.1 Å².